The van der Waals surface area contributed by atoms with Gasteiger partial charge in [-0.05, 0) is 67.4 Å². The van der Waals surface area contributed by atoms with Gasteiger partial charge in [-0.3, -0.25) is 9.36 Å². The minimum Gasteiger partial charge on any atom is -0.493 e. The fourth-order valence-corrected chi connectivity index (χ4v) is 6.41. The van der Waals surface area contributed by atoms with Crippen molar-refractivity contribution in [1.82, 2.24) is 4.57 Å². The molecule has 2 heterocycles. The zero-order chi connectivity index (χ0) is 31.5. The van der Waals surface area contributed by atoms with Crippen molar-refractivity contribution in [2.75, 3.05) is 32.7 Å². The number of ether oxygens (including phenoxy) is 3. The fraction of sp³-hybridized carbons (Fsp3) is 0.242. The number of methoxy groups -OCH3 is 1. The number of nitrogens with zero attached hydrogens (tertiary/aromatic N) is 3. The van der Waals surface area contributed by atoms with Crippen LogP contribution < -0.4 is 29.3 Å². The number of fused-ring (bicyclic) bond motifs is 1. The maximum absolute atomic E-state index is 14.0. The van der Waals surface area contributed by atoms with Crippen LogP contribution in [0, 0.1) is 0 Å². The molecule has 1 aliphatic rings. The van der Waals surface area contributed by atoms with E-state index in [0.717, 1.165) is 22.4 Å². The fourth-order valence-electron chi connectivity index (χ4n) is 4.90. The van der Waals surface area contributed by atoms with Crippen molar-refractivity contribution < 1.29 is 19.0 Å². The zero-order valence-corrected chi connectivity index (χ0v) is 27.2. The summed E-state index contributed by atoms with van der Waals surface area (Å²) in [5.41, 5.74) is 3.89. The molecule has 8 nitrogen and oxygen atoms in total. The van der Waals surface area contributed by atoms with Crippen molar-refractivity contribution in [3.05, 3.63) is 118 Å². The van der Waals surface area contributed by atoms with Crippen LogP contribution in [0.5, 0.6) is 11.5 Å². The van der Waals surface area contributed by atoms with Gasteiger partial charge in [-0.25, -0.2) is 9.79 Å². The number of anilines is 1. The Kier molecular flexibility index (Phi) is 9.48. The van der Waals surface area contributed by atoms with Crippen molar-refractivity contribution in [2.24, 2.45) is 4.99 Å². The van der Waals surface area contributed by atoms with E-state index in [4.69, 9.17) is 37.4 Å². The first-order valence-corrected chi connectivity index (χ1v) is 15.4. The monoisotopic (exact) mass is 651 g/mol. The Morgan fingerprint density at radius 3 is 2.48 bits per heavy atom. The number of hydrogen-bond donors (Lipinski definition) is 0. The third kappa shape index (κ3) is 6.40. The van der Waals surface area contributed by atoms with Crippen LogP contribution in [0.3, 0.4) is 0 Å². The number of hydrogen-bond acceptors (Lipinski definition) is 8. The van der Waals surface area contributed by atoms with E-state index in [-0.39, 0.29) is 18.8 Å². The van der Waals surface area contributed by atoms with Gasteiger partial charge in [0.2, 0.25) is 0 Å². The van der Waals surface area contributed by atoms with Crippen LogP contribution in [0.1, 0.15) is 36.6 Å². The molecule has 228 valence electrons. The lowest BCUT2D eigenvalue weighted by atomic mass is 9.95. The van der Waals surface area contributed by atoms with Gasteiger partial charge in [0.15, 0.2) is 16.3 Å². The third-order valence-corrected chi connectivity index (χ3v) is 8.70. The van der Waals surface area contributed by atoms with Crippen LogP contribution in [0.4, 0.5) is 5.69 Å². The van der Waals surface area contributed by atoms with Gasteiger partial charge in [0.05, 0.1) is 35.6 Å². The topological polar surface area (TPSA) is 82.4 Å². The van der Waals surface area contributed by atoms with Crippen molar-refractivity contribution in [2.45, 2.75) is 26.5 Å². The van der Waals surface area contributed by atoms with E-state index in [1.165, 1.54) is 11.3 Å². The van der Waals surface area contributed by atoms with Gasteiger partial charge in [-0.15, -0.1) is 0 Å². The summed E-state index contributed by atoms with van der Waals surface area (Å²) in [7, 11) is 5.46. The van der Waals surface area contributed by atoms with Crippen molar-refractivity contribution in [3.8, 4) is 11.5 Å². The highest BCUT2D eigenvalue weighted by molar-refractivity contribution is 7.07. The lowest BCUT2D eigenvalue weighted by Crippen LogP contribution is -2.39. The first kappa shape index (κ1) is 31.4. The molecule has 11 heteroatoms. The van der Waals surface area contributed by atoms with E-state index in [2.05, 4.69) is 4.99 Å². The van der Waals surface area contributed by atoms with Gasteiger partial charge >= 0.3 is 5.97 Å². The van der Waals surface area contributed by atoms with Gasteiger partial charge in [0, 0.05) is 35.4 Å². The predicted octanol–water partition coefficient (Wildman–Crippen LogP) is 5.76. The number of thiazole rings is 1. The van der Waals surface area contributed by atoms with Gasteiger partial charge in [0.1, 0.15) is 6.61 Å². The number of benzene rings is 3. The van der Waals surface area contributed by atoms with Crippen LogP contribution in [0.25, 0.3) is 6.08 Å². The summed E-state index contributed by atoms with van der Waals surface area (Å²) in [4.78, 5) is 34.3. The summed E-state index contributed by atoms with van der Waals surface area (Å²) < 4.78 is 19.0. The van der Waals surface area contributed by atoms with Gasteiger partial charge in [0.25, 0.3) is 5.56 Å². The van der Waals surface area contributed by atoms with E-state index in [1.807, 2.05) is 55.4 Å². The number of esters is 1. The van der Waals surface area contributed by atoms with Crippen LogP contribution >= 0.6 is 34.5 Å². The molecule has 0 bridgehead atoms. The molecule has 0 aliphatic carbocycles. The normalized spacial score (nSPS) is 14.6. The summed E-state index contributed by atoms with van der Waals surface area (Å²) in [5.74, 6) is 0.522. The second-order valence-electron chi connectivity index (χ2n) is 10.2. The Morgan fingerprint density at radius 2 is 1.82 bits per heavy atom. The van der Waals surface area contributed by atoms with Crippen molar-refractivity contribution >= 4 is 52.3 Å². The summed E-state index contributed by atoms with van der Waals surface area (Å²) in [6.45, 7) is 3.95. The maximum atomic E-state index is 14.0. The molecule has 1 atom stereocenters. The average molecular weight is 653 g/mol. The molecule has 0 fully saturated rings. The minimum atomic E-state index is -0.686. The summed E-state index contributed by atoms with van der Waals surface area (Å²) in [6.07, 6.45) is 1.78. The summed E-state index contributed by atoms with van der Waals surface area (Å²) in [5, 5.41) is 1.06. The first-order chi connectivity index (χ1) is 21.1. The Hall–Kier alpha value is -4.05. The number of allylic oxidation sites excluding steroid dienone is 1. The number of halogens is 2. The first-order valence-electron chi connectivity index (χ1n) is 13.8. The number of rotatable bonds is 9. The molecule has 5 rings (SSSR count). The maximum Gasteiger partial charge on any atom is 0.338 e. The second kappa shape index (κ2) is 13.3. The van der Waals surface area contributed by atoms with E-state index in [9.17, 15) is 9.59 Å². The van der Waals surface area contributed by atoms with Crippen LogP contribution in [-0.4, -0.2) is 38.3 Å². The Balaban J connectivity index is 1.53. The van der Waals surface area contributed by atoms with E-state index in [1.54, 1.807) is 55.9 Å². The molecular formula is C33H31Cl2N3O5S. The largest absolute Gasteiger partial charge is 0.493 e. The SMILES string of the molecule is CCOC(=O)C1=C(C)N=c2s/c(=C\c3ccc(OCc4ccc(Cl)cc4Cl)c(OC)c3)c(=O)n2[C@H]1c1ccc(N(C)C)cc1. The summed E-state index contributed by atoms with van der Waals surface area (Å²) >= 11 is 13.6. The molecule has 0 unspecified atom stereocenters. The highest BCUT2D eigenvalue weighted by atomic mass is 35.5. The Bertz CT molecular complexity index is 1930. The van der Waals surface area contributed by atoms with Crippen LogP contribution in [0.15, 0.2) is 81.7 Å². The molecule has 44 heavy (non-hydrogen) atoms. The molecule has 4 aromatic rings. The molecule has 0 radical (unpaired) electrons. The van der Waals surface area contributed by atoms with Gasteiger partial charge in [-0.1, -0.05) is 58.8 Å². The second-order valence-corrected chi connectivity index (χ2v) is 12.1. The molecule has 1 aromatic heterocycles. The number of aromatic nitrogens is 1. The van der Waals surface area contributed by atoms with Crippen LogP contribution in [0.2, 0.25) is 10.0 Å². The summed E-state index contributed by atoms with van der Waals surface area (Å²) in [6, 6.07) is 17.7. The van der Waals surface area contributed by atoms with E-state index >= 15 is 0 Å². The molecule has 3 aromatic carbocycles. The molecule has 0 saturated heterocycles. The smallest absolute Gasteiger partial charge is 0.338 e. The van der Waals surface area contributed by atoms with E-state index < -0.39 is 12.0 Å². The van der Waals surface area contributed by atoms with E-state index in [0.29, 0.717) is 42.1 Å². The molecule has 0 N–H and O–H groups in total. The lowest BCUT2D eigenvalue weighted by molar-refractivity contribution is -0.139. The standard InChI is InChI=1S/C33H31Cl2N3O5S/c1-6-42-32(40)29-19(2)36-33-38(30(29)21-9-12-24(13-10-21)37(3)4)31(39)28(44-33)16-20-7-14-26(27(15-20)41-5)43-18-22-8-11-23(34)17-25(22)35/h7-17,30H,6,18H2,1-5H3/b28-16-/t30-/m0/s1. The molecular weight excluding hydrogens is 621 g/mol. The van der Waals surface area contributed by atoms with Gasteiger partial charge in [-0.2, -0.15) is 0 Å². The molecule has 0 spiro atoms. The minimum absolute atomic E-state index is 0.209. The Morgan fingerprint density at radius 1 is 1.07 bits per heavy atom. The van der Waals surface area contributed by atoms with Crippen molar-refractivity contribution in [3.63, 3.8) is 0 Å². The highest BCUT2D eigenvalue weighted by Gasteiger charge is 2.33. The number of carbonyl (C=O) groups is 1. The number of carbonyl (C=O) groups excluding carboxylic acids is 1. The molecule has 0 saturated carbocycles. The zero-order valence-electron chi connectivity index (χ0n) is 24.9. The average Bonchev–Trinajstić information content (AvgIpc) is 3.30. The lowest BCUT2D eigenvalue weighted by Gasteiger charge is -2.25. The quantitative estimate of drug-likeness (QED) is 0.214. The Labute approximate surface area is 269 Å². The highest BCUT2D eigenvalue weighted by Crippen LogP contribution is 2.33. The molecule has 0 amide bonds. The van der Waals surface area contributed by atoms with Crippen molar-refractivity contribution in [1.29, 1.82) is 0 Å². The van der Waals surface area contributed by atoms with Gasteiger partial charge < -0.3 is 19.1 Å². The third-order valence-electron chi connectivity index (χ3n) is 7.13. The van der Waals surface area contributed by atoms with Crippen LogP contribution in [-0.2, 0) is 16.1 Å². The predicted molar refractivity (Wildman–Crippen MR) is 175 cm³/mol. The molecule has 1 aliphatic heterocycles.